The molecule has 0 N–H and O–H groups in total. The zero-order chi connectivity index (χ0) is 14.7. The summed E-state index contributed by atoms with van der Waals surface area (Å²) in [6, 6.07) is 1.63. The Balaban J connectivity index is 1.82. The van der Waals surface area contributed by atoms with Gasteiger partial charge >= 0.3 is 6.00 Å². The van der Waals surface area contributed by atoms with Crippen LogP contribution in [0.2, 0.25) is 0 Å². The summed E-state index contributed by atoms with van der Waals surface area (Å²) in [6.07, 6.45) is 16.4. The van der Waals surface area contributed by atoms with Gasteiger partial charge in [-0.25, -0.2) is 0 Å². The summed E-state index contributed by atoms with van der Waals surface area (Å²) in [7, 11) is 0. The molecule has 0 aliphatic rings. The molecular formula is C15H24Cl3NSi. The van der Waals surface area contributed by atoms with Crippen molar-refractivity contribution in [1.82, 2.24) is 4.57 Å². The third-order valence-electron chi connectivity index (χ3n) is 3.26. The van der Waals surface area contributed by atoms with Crippen LogP contribution in [0.25, 0.3) is 0 Å². The van der Waals surface area contributed by atoms with Crippen molar-refractivity contribution in [1.29, 1.82) is 0 Å². The summed E-state index contributed by atoms with van der Waals surface area (Å²) in [5, 5.41) is 0. The molecule has 1 aromatic heterocycles. The maximum Gasteiger partial charge on any atom is 0.365 e. The first-order valence-electron chi connectivity index (χ1n) is 7.43. The lowest BCUT2D eigenvalue weighted by molar-refractivity contribution is 0.547. The standard InChI is InChI=1S/C15H24Cl3NSi/c16-20(17,18)15-11-7-5-3-1-2-4-6-8-12-19-13-9-10-14-19/h9-11,13-15H,1-8,12H2. The summed E-state index contributed by atoms with van der Waals surface area (Å²) in [4.78, 5) is 0. The second-order valence-electron chi connectivity index (χ2n) is 5.13. The van der Waals surface area contributed by atoms with Gasteiger partial charge in [0, 0.05) is 18.9 Å². The molecule has 1 aromatic rings. The average molecular weight is 353 g/mol. The van der Waals surface area contributed by atoms with Gasteiger partial charge in [0.15, 0.2) is 0 Å². The SMILES string of the molecule is Cl[Si](Cl)(Cl)C=CCCCCCCCCCn1cccc1. The first-order valence-corrected chi connectivity index (χ1v) is 12.5. The zero-order valence-electron chi connectivity index (χ0n) is 11.9. The van der Waals surface area contributed by atoms with Crippen molar-refractivity contribution in [2.45, 2.75) is 57.9 Å². The van der Waals surface area contributed by atoms with Crippen molar-refractivity contribution in [3.8, 4) is 0 Å². The minimum Gasteiger partial charge on any atom is -0.354 e. The minimum atomic E-state index is -2.54. The van der Waals surface area contributed by atoms with E-state index in [4.69, 9.17) is 33.2 Å². The van der Waals surface area contributed by atoms with Crippen molar-refractivity contribution in [2.75, 3.05) is 0 Å². The number of nitrogens with zero attached hydrogens (tertiary/aromatic N) is 1. The number of allylic oxidation sites excluding steroid dienone is 1. The van der Waals surface area contributed by atoms with Gasteiger partial charge in [-0.3, -0.25) is 0 Å². The first-order chi connectivity index (χ1) is 9.58. The lowest BCUT2D eigenvalue weighted by Crippen LogP contribution is -2.02. The first kappa shape index (κ1) is 18.2. The summed E-state index contributed by atoms with van der Waals surface area (Å²) in [5.74, 6) is 0. The molecule has 0 amide bonds. The Morgan fingerprint density at radius 1 is 0.800 bits per heavy atom. The third-order valence-corrected chi connectivity index (χ3v) is 5.01. The molecule has 0 spiro atoms. The van der Waals surface area contributed by atoms with Crippen LogP contribution in [-0.2, 0) is 6.54 Å². The molecule has 0 aliphatic carbocycles. The minimum absolute atomic E-state index is 1.04. The van der Waals surface area contributed by atoms with Crippen molar-refractivity contribution in [3.05, 3.63) is 36.3 Å². The number of hydrogen-bond acceptors (Lipinski definition) is 0. The predicted octanol–water partition coefficient (Wildman–Crippen LogP) is 6.36. The van der Waals surface area contributed by atoms with Gasteiger partial charge in [-0.1, -0.05) is 43.9 Å². The van der Waals surface area contributed by atoms with E-state index < -0.39 is 6.00 Å². The molecule has 0 fully saturated rings. The molecule has 0 saturated heterocycles. The number of rotatable bonds is 11. The summed E-state index contributed by atoms with van der Waals surface area (Å²) < 4.78 is 2.25. The van der Waals surface area contributed by atoms with E-state index >= 15 is 0 Å². The molecule has 20 heavy (non-hydrogen) atoms. The number of hydrogen-bond donors (Lipinski definition) is 0. The Kier molecular flexibility index (Phi) is 9.79. The maximum atomic E-state index is 5.76. The van der Waals surface area contributed by atoms with Crippen LogP contribution in [0.15, 0.2) is 36.3 Å². The normalized spacial score (nSPS) is 12.3. The summed E-state index contributed by atoms with van der Waals surface area (Å²) in [5.41, 5.74) is 1.78. The highest BCUT2D eigenvalue weighted by atomic mass is 35.8. The molecule has 0 aromatic carbocycles. The van der Waals surface area contributed by atoms with E-state index in [1.54, 1.807) is 5.70 Å². The molecule has 0 unspecified atom stereocenters. The molecule has 0 aliphatic heterocycles. The van der Waals surface area contributed by atoms with E-state index in [2.05, 4.69) is 29.1 Å². The van der Waals surface area contributed by atoms with Crippen molar-refractivity contribution in [3.63, 3.8) is 0 Å². The van der Waals surface area contributed by atoms with Gasteiger partial charge in [-0.15, -0.1) is 33.2 Å². The van der Waals surface area contributed by atoms with Crippen LogP contribution in [0, 0.1) is 0 Å². The van der Waals surface area contributed by atoms with E-state index in [0.29, 0.717) is 0 Å². The smallest absolute Gasteiger partial charge is 0.354 e. The molecule has 0 bridgehead atoms. The summed E-state index contributed by atoms with van der Waals surface area (Å²) in [6.45, 7) is 1.15. The third kappa shape index (κ3) is 10.8. The largest absolute Gasteiger partial charge is 0.365 e. The van der Waals surface area contributed by atoms with Gasteiger partial charge < -0.3 is 4.57 Å². The fraction of sp³-hybridized carbons (Fsp3) is 0.600. The summed E-state index contributed by atoms with van der Waals surface area (Å²) >= 11 is 17.3. The number of halogens is 3. The Labute approximate surface area is 138 Å². The molecule has 0 atom stereocenters. The van der Waals surface area contributed by atoms with Crippen LogP contribution in [0.4, 0.5) is 0 Å². The van der Waals surface area contributed by atoms with Crippen LogP contribution >= 0.6 is 33.2 Å². The monoisotopic (exact) mass is 351 g/mol. The van der Waals surface area contributed by atoms with Crippen molar-refractivity contribution >= 4 is 39.2 Å². The van der Waals surface area contributed by atoms with Gasteiger partial charge in [-0.2, -0.15) is 0 Å². The van der Waals surface area contributed by atoms with Crippen molar-refractivity contribution in [2.24, 2.45) is 0 Å². The molecule has 1 nitrogen and oxygen atoms in total. The topological polar surface area (TPSA) is 4.93 Å². The number of aromatic nitrogens is 1. The van der Waals surface area contributed by atoms with Crippen molar-refractivity contribution < 1.29 is 0 Å². The predicted molar refractivity (Wildman–Crippen MR) is 93.8 cm³/mol. The number of unbranched alkanes of at least 4 members (excludes halogenated alkanes) is 7. The van der Waals surface area contributed by atoms with Gasteiger partial charge in [0.05, 0.1) is 0 Å². The molecular weight excluding hydrogens is 329 g/mol. The van der Waals surface area contributed by atoms with Gasteiger partial charge in [0.25, 0.3) is 0 Å². The van der Waals surface area contributed by atoms with Gasteiger partial charge in [0.2, 0.25) is 0 Å². The Morgan fingerprint density at radius 2 is 1.35 bits per heavy atom. The Hall–Kier alpha value is 0.107. The zero-order valence-corrected chi connectivity index (χ0v) is 15.2. The second kappa shape index (κ2) is 10.8. The lowest BCUT2D eigenvalue weighted by Gasteiger charge is -2.03. The molecule has 1 heterocycles. The van der Waals surface area contributed by atoms with Crippen LogP contribution in [0.1, 0.15) is 51.4 Å². The highest BCUT2D eigenvalue weighted by molar-refractivity contribution is 7.66. The molecule has 5 heteroatoms. The highest BCUT2D eigenvalue weighted by Gasteiger charge is 2.19. The molecule has 114 valence electrons. The van der Waals surface area contributed by atoms with Gasteiger partial charge in [0.1, 0.15) is 0 Å². The lowest BCUT2D eigenvalue weighted by atomic mass is 10.1. The van der Waals surface area contributed by atoms with E-state index in [1.165, 1.54) is 44.9 Å². The maximum absolute atomic E-state index is 5.76. The van der Waals surface area contributed by atoms with E-state index in [0.717, 1.165) is 13.0 Å². The van der Waals surface area contributed by atoms with E-state index in [1.807, 2.05) is 6.08 Å². The fourth-order valence-electron chi connectivity index (χ4n) is 2.18. The second-order valence-corrected chi connectivity index (χ2v) is 13.7. The Bertz CT molecular complexity index is 358. The highest BCUT2D eigenvalue weighted by Crippen LogP contribution is 2.21. The molecule has 0 radical (unpaired) electrons. The molecule has 0 saturated carbocycles. The van der Waals surface area contributed by atoms with Gasteiger partial charge in [-0.05, 0) is 31.4 Å². The van der Waals surface area contributed by atoms with Crippen LogP contribution < -0.4 is 0 Å². The fourth-order valence-corrected chi connectivity index (χ4v) is 3.41. The quantitative estimate of drug-likeness (QED) is 0.248. The van der Waals surface area contributed by atoms with Crippen LogP contribution in [0.3, 0.4) is 0 Å². The van der Waals surface area contributed by atoms with Crippen LogP contribution in [0.5, 0.6) is 0 Å². The molecule has 1 rings (SSSR count). The van der Waals surface area contributed by atoms with E-state index in [9.17, 15) is 0 Å². The Morgan fingerprint density at radius 3 is 1.95 bits per heavy atom. The van der Waals surface area contributed by atoms with Crippen LogP contribution in [-0.4, -0.2) is 10.6 Å². The number of aryl methyl sites for hydroxylation is 1. The van der Waals surface area contributed by atoms with E-state index in [-0.39, 0.29) is 0 Å². The average Bonchev–Trinajstić information content (AvgIpc) is 2.87.